The van der Waals surface area contributed by atoms with Crippen LogP contribution in [0.25, 0.3) is 11.1 Å². The molecule has 22 heavy (non-hydrogen) atoms. The molecule has 0 bridgehead atoms. The predicted molar refractivity (Wildman–Crippen MR) is 77.4 cm³/mol. The minimum Gasteiger partial charge on any atom is -0.494 e. The summed E-state index contributed by atoms with van der Waals surface area (Å²) in [5.41, 5.74) is 0.829. The van der Waals surface area contributed by atoms with E-state index in [0.29, 0.717) is 29.0 Å². The number of halogens is 3. The molecule has 0 radical (unpaired) electrons. The average Bonchev–Trinajstić information content (AvgIpc) is 2.47. The Morgan fingerprint density at radius 2 is 1.91 bits per heavy atom. The first-order chi connectivity index (χ1) is 10.5. The van der Waals surface area contributed by atoms with Crippen molar-refractivity contribution in [3.8, 4) is 22.9 Å². The summed E-state index contributed by atoms with van der Waals surface area (Å²) in [6.45, 7) is 2.30. The molecule has 0 heterocycles. The zero-order valence-electron chi connectivity index (χ0n) is 11.9. The Balaban J connectivity index is 2.55. The lowest BCUT2D eigenvalue weighted by Crippen LogP contribution is -2.05. The Kier molecular flexibility index (Phi) is 4.71. The molecule has 0 atom stereocenters. The Morgan fingerprint density at radius 1 is 1.14 bits per heavy atom. The molecule has 0 aliphatic carbocycles. The van der Waals surface area contributed by atoms with Gasteiger partial charge in [-0.3, -0.25) is 0 Å². The third-order valence-electron chi connectivity index (χ3n) is 3.16. The highest BCUT2D eigenvalue weighted by molar-refractivity contribution is 5.70. The van der Waals surface area contributed by atoms with Crippen molar-refractivity contribution in [1.29, 1.82) is 5.26 Å². The molecule has 0 unspecified atom stereocenters. The summed E-state index contributed by atoms with van der Waals surface area (Å²) in [5.74, 6) is 0.584. The van der Waals surface area contributed by atoms with E-state index in [1.807, 2.05) is 13.0 Å². The van der Waals surface area contributed by atoms with E-state index in [-0.39, 0.29) is 6.42 Å². The fourth-order valence-corrected chi connectivity index (χ4v) is 2.18. The average molecular weight is 305 g/mol. The molecule has 0 aliphatic heterocycles. The van der Waals surface area contributed by atoms with Gasteiger partial charge in [-0.2, -0.15) is 18.4 Å². The number of benzene rings is 2. The van der Waals surface area contributed by atoms with Crippen LogP contribution < -0.4 is 4.74 Å². The van der Waals surface area contributed by atoms with E-state index in [4.69, 9.17) is 10.00 Å². The topological polar surface area (TPSA) is 33.0 Å². The second kappa shape index (κ2) is 6.52. The molecule has 0 N–H and O–H groups in total. The third kappa shape index (κ3) is 3.59. The highest BCUT2D eigenvalue weighted by Gasteiger charge is 2.31. The number of hydrogen-bond acceptors (Lipinski definition) is 2. The molecule has 5 heteroatoms. The second-order valence-electron chi connectivity index (χ2n) is 4.67. The first-order valence-electron chi connectivity index (χ1n) is 6.76. The summed E-state index contributed by atoms with van der Waals surface area (Å²) in [5, 5.41) is 8.86. The van der Waals surface area contributed by atoms with Gasteiger partial charge in [0.2, 0.25) is 0 Å². The number of rotatable bonds is 4. The summed E-state index contributed by atoms with van der Waals surface area (Å²) in [6, 6.07) is 12.3. The SMILES string of the molecule is CCOc1cccc(-c2cc(C(F)(F)F)ccc2CC#N)c1. The van der Waals surface area contributed by atoms with Crippen molar-refractivity contribution < 1.29 is 17.9 Å². The van der Waals surface area contributed by atoms with Crippen LogP contribution in [-0.4, -0.2) is 6.61 Å². The lowest BCUT2D eigenvalue weighted by molar-refractivity contribution is -0.137. The highest BCUT2D eigenvalue weighted by Crippen LogP contribution is 2.35. The van der Waals surface area contributed by atoms with Gasteiger partial charge in [0.15, 0.2) is 0 Å². The van der Waals surface area contributed by atoms with Gasteiger partial charge in [-0.05, 0) is 47.9 Å². The number of nitrogens with zero attached hydrogens (tertiary/aromatic N) is 1. The lowest BCUT2D eigenvalue weighted by atomic mass is 9.95. The molecule has 0 saturated carbocycles. The van der Waals surface area contributed by atoms with Gasteiger partial charge in [-0.25, -0.2) is 0 Å². The van der Waals surface area contributed by atoms with Crippen molar-refractivity contribution in [2.75, 3.05) is 6.61 Å². The first kappa shape index (κ1) is 15.9. The van der Waals surface area contributed by atoms with E-state index in [0.717, 1.165) is 12.1 Å². The van der Waals surface area contributed by atoms with E-state index in [9.17, 15) is 13.2 Å². The van der Waals surface area contributed by atoms with Crippen LogP contribution in [0.4, 0.5) is 13.2 Å². The van der Waals surface area contributed by atoms with Crippen LogP contribution in [0.5, 0.6) is 5.75 Å². The number of nitriles is 1. The molecular weight excluding hydrogens is 291 g/mol. The fraction of sp³-hybridized carbons (Fsp3) is 0.235. The second-order valence-corrected chi connectivity index (χ2v) is 4.67. The van der Waals surface area contributed by atoms with Crippen LogP contribution in [-0.2, 0) is 12.6 Å². The van der Waals surface area contributed by atoms with Crippen LogP contribution in [0.3, 0.4) is 0 Å². The van der Waals surface area contributed by atoms with Crippen molar-refractivity contribution in [1.82, 2.24) is 0 Å². The van der Waals surface area contributed by atoms with E-state index in [1.165, 1.54) is 6.07 Å². The Bertz CT molecular complexity index is 702. The summed E-state index contributed by atoms with van der Waals surface area (Å²) in [6.07, 6.45) is -4.37. The highest BCUT2D eigenvalue weighted by atomic mass is 19.4. The van der Waals surface area contributed by atoms with E-state index in [2.05, 4.69) is 0 Å². The van der Waals surface area contributed by atoms with Crippen LogP contribution in [0.1, 0.15) is 18.1 Å². The molecule has 2 nitrogen and oxygen atoms in total. The van der Waals surface area contributed by atoms with Crippen LogP contribution in [0.2, 0.25) is 0 Å². The van der Waals surface area contributed by atoms with Gasteiger partial charge in [0, 0.05) is 0 Å². The van der Waals surface area contributed by atoms with Crippen molar-refractivity contribution in [3.63, 3.8) is 0 Å². The van der Waals surface area contributed by atoms with Gasteiger partial charge in [-0.15, -0.1) is 0 Å². The maximum Gasteiger partial charge on any atom is 0.416 e. The zero-order chi connectivity index (χ0) is 16.2. The van der Waals surface area contributed by atoms with Gasteiger partial charge in [0.05, 0.1) is 24.7 Å². The largest absolute Gasteiger partial charge is 0.494 e. The standard InChI is InChI=1S/C17H14F3NO/c1-2-22-15-5-3-4-13(10-15)16-11-14(17(18,19)20)7-6-12(16)8-9-21/h3-7,10-11H,2,8H2,1H3. The molecule has 2 aromatic rings. The summed E-state index contributed by atoms with van der Waals surface area (Å²) in [4.78, 5) is 0. The van der Waals surface area contributed by atoms with Crippen molar-refractivity contribution in [3.05, 3.63) is 53.6 Å². The molecule has 114 valence electrons. The number of alkyl halides is 3. The monoisotopic (exact) mass is 305 g/mol. The van der Waals surface area contributed by atoms with Crippen molar-refractivity contribution >= 4 is 0 Å². The van der Waals surface area contributed by atoms with E-state index < -0.39 is 11.7 Å². The quantitative estimate of drug-likeness (QED) is 0.810. The molecule has 0 amide bonds. The Labute approximate surface area is 126 Å². The fourth-order valence-electron chi connectivity index (χ4n) is 2.18. The molecular formula is C17H14F3NO. The Hall–Kier alpha value is -2.48. The summed E-state index contributed by atoms with van der Waals surface area (Å²) < 4.78 is 44.1. The third-order valence-corrected chi connectivity index (χ3v) is 3.16. The molecule has 0 spiro atoms. The minimum atomic E-state index is -4.42. The molecule has 2 aromatic carbocycles. The Morgan fingerprint density at radius 3 is 2.55 bits per heavy atom. The number of ether oxygens (including phenoxy) is 1. The maximum absolute atomic E-state index is 12.9. The van der Waals surface area contributed by atoms with Gasteiger partial charge in [0.25, 0.3) is 0 Å². The maximum atomic E-state index is 12.9. The smallest absolute Gasteiger partial charge is 0.416 e. The summed E-state index contributed by atoms with van der Waals surface area (Å²) >= 11 is 0. The molecule has 2 rings (SSSR count). The lowest BCUT2D eigenvalue weighted by Gasteiger charge is -2.13. The van der Waals surface area contributed by atoms with Crippen LogP contribution in [0.15, 0.2) is 42.5 Å². The van der Waals surface area contributed by atoms with Crippen LogP contribution in [0, 0.1) is 11.3 Å². The molecule has 0 fully saturated rings. The number of hydrogen-bond donors (Lipinski definition) is 0. The van der Waals surface area contributed by atoms with Gasteiger partial charge in [-0.1, -0.05) is 18.2 Å². The minimum absolute atomic E-state index is 0.0479. The normalized spacial score (nSPS) is 11.0. The van der Waals surface area contributed by atoms with Gasteiger partial charge >= 0.3 is 6.18 Å². The van der Waals surface area contributed by atoms with Crippen molar-refractivity contribution in [2.24, 2.45) is 0 Å². The van der Waals surface area contributed by atoms with Gasteiger partial charge in [0.1, 0.15) is 5.75 Å². The predicted octanol–water partition coefficient (Wildman–Crippen LogP) is 4.84. The molecule has 0 aromatic heterocycles. The molecule has 0 saturated heterocycles. The molecule has 0 aliphatic rings. The summed E-state index contributed by atoms with van der Waals surface area (Å²) in [7, 11) is 0. The van der Waals surface area contributed by atoms with E-state index in [1.54, 1.807) is 24.3 Å². The van der Waals surface area contributed by atoms with Crippen molar-refractivity contribution in [2.45, 2.75) is 19.5 Å². The zero-order valence-corrected chi connectivity index (χ0v) is 11.9. The van der Waals surface area contributed by atoms with Crippen LogP contribution >= 0.6 is 0 Å². The first-order valence-corrected chi connectivity index (χ1v) is 6.76. The van der Waals surface area contributed by atoms with Gasteiger partial charge < -0.3 is 4.74 Å². The van der Waals surface area contributed by atoms with E-state index >= 15 is 0 Å².